The minimum atomic E-state index is -3.27. The number of rotatable bonds is 5. The molecule has 1 aliphatic heterocycles. The summed E-state index contributed by atoms with van der Waals surface area (Å²) in [7, 11) is -3.27. The fourth-order valence-corrected chi connectivity index (χ4v) is 3.30. The zero-order valence-electron chi connectivity index (χ0n) is 12.5. The molecule has 0 saturated carbocycles. The van der Waals surface area contributed by atoms with Crippen molar-refractivity contribution in [3.63, 3.8) is 0 Å². The molecule has 6 heteroatoms. The van der Waals surface area contributed by atoms with Crippen molar-refractivity contribution < 1.29 is 23.1 Å². The number of carbonyl (C=O) groups is 1. The number of sulfone groups is 1. The summed E-state index contributed by atoms with van der Waals surface area (Å²) in [5.41, 5.74) is 0.737. The van der Waals surface area contributed by atoms with E-state index in [-0.39, 0.29) is 22.1 Å². The van der Waals surface area contributed by atoms with Crippen LogP contribution in [0.15, 0.2) is 35.2 Å². The molecule has 1 N–H and O–H groups in total. The predicted molar refractivity (Wildman–Crippen MR) is 83.3 cm³/mol. The summed E-state index contributed by atoms with van der Waals surface area (Å²) < 4.78 is 28.8. The van der Waals surface area contributed by atoms with Gasteiger partial charge in [-0.25, -0.2) is 13.2 Å². The van der Waals surface area contributed by atoms with Crippen LogP contribution in [0.2, 0.25) is 0 Å². The molecule has 1 heterocycles. The number of benzene rings is 1. The molecular weight excluding hydrogens is 304 g/mol. The summed E-state index contributed by atoms with van der Waals surface area (Å²) in [6.07, 6.45) is 3.37. The molecule has 0 bridgehead atoms. The molecular formula is C16H20O5S. The molecule has 1 saturated heterocycles. The minimum Gasteiger partial charge on any atom is -0.478 e. The lowest BCUT2D eigenvalue weighted by Crippen LogP contribution is -2.15. The van der Waals surface area contributed by atoms with Gasteiger partial charge in [-0.1, -0.05) is 25.1 Å². The molecule has 1 aromatic carbocycles. The van der Waals surface area contributed by atoms with Crippen LogP contribution in [0.4, 0.5) is 0 Å². The second kappa shape index (κ2) is 7.07. The number of carboxylic acid groups (broad SMARTS) is 1. The first-order valence-corrected chi connectivity index (χ1v) is 8.95. The van der Waals surface area contributed by atoms with Gasteiger partial charge in [0.15, 0.2) is 9.84 Å². The van der Waals surface area contributed by atoms with Gasteiger partial charge in [-0.2, -0.15) is 0 Å². The van der Waals surface area contributed by atoms with E-state index in [4.69, 9.17) is 4.74 Å². The van der Waals surface area contributed by atoms with E-state index >= 15 is 0 Å². The number of carboxylic acids is 1. The van der Waals surface area contributed by atoms with E-state index in [1.807, 2.05) is 0 Å². The van der Waals surface area contributed by atoms with Crippen LogP contribution in [-0.4, -0.2) is 38.5 Å². The van der Waals surface area contributed by atoms with Crippen molar-refractivity contribution in [3.05, 3.63) is 35.9 Å². The van der Waals surface area contributed by atoms with E-state index in [0.29, 0.717) is 18.8 Å². The van der Waals surface area contributed by atoms with Gasteiger partial charge < -0.3 is 9.84 Å². The summed E-state index contributed by atoms with van der Waals surface area (Å²) in [6, 6.07) is 6.05. The summed E-state index contributed by atoms with van der Waals surface area (Å²) in [5.74, 6) is -0.799. The lowest BCUT2D eigenvalue weighted by Gasteiger charge is -2.19. The van der Waals surface area contributed by atoms with E-state index in [9.17, 15) is 18.3 Å². The maximum atomic E-state index is 11.8. The smallest absolute Gasteiger partial charge is 0.335 e. The largest absolute Gasteiger partial charge is 0.478 e. The third-order valence-electron chi connectivity index (χ3n) is 3.80. The lowest BCUT2D eigenvalue weighted by atomic mass is 9.94. The highest BCUT2D eigenvalue weighted by Gasteiger charge is 2.18. The normalized spacial score (nSPS) is 17.4. The Morgan fingerprint density at radius 1 is 1.27 bits per heavy atom. The van der Waals surface area contributed by atoms with Crippen LogP contribution >= 0.6 is 0 Å². The maximum Gasteiger partial charge on any atom is 0.335 e. The van der Waals surface area contributed by atoms with E-state index in [1.165, 1.54) is 12.1 Å². The van der Waals surface area contributed by atoms with Crippen LogP contribution in [0, 0.1) is 5.92 Å². The summed E-state index contributed by atoms with van der Waals surface area (Å²) >= 11 is 0. The quantitative estimate of drug-likeness (QED) is 0.841. The van der Waals surface area contributed by atoms with Crippen molar-refractivity contribution in [2.24, 2.45) is 5.92 Å². The van der Waals surface area contributed by atoms with Crippen molar-refractivity contribution in [3.8, 4) is 0 Å². The Bertz CT molecular complexity index is 652. The third kappa shape index (κ3) is 3.96. The van der Waals surface area contributed by atoms with Gasteiger partial charge >= 0.3 is 5.97 Å². The van der Waals surface area contributed by atoms with E-state index < -0.39 is 15.8 Å². The molecule has 0 atom stereocenters. The standard InChI is InChI=1S/C16H20O5S/c1-2-22(19,20)14-5-3-13(4-6-14)15(16(17)18)11-12-7-9-21-10-8-12/h3-6,11-12H,2,7-10H2,1H3,(H,17,18). The lowest BCUT2D eigenvalue weighted by molar-refractivity contribution is -0.130. The van der Waals surface area contributed by atoms with Gasteiger partial charge in [-0.05, 0) is 36.5 Å². The molecule has 120 valence electrons. The second-order valence-corrected chi connectivity index (χ2v) is 7.54. The molecule has 0 radical (unpaired) electrons. The van der Waals surface area contributed by atoms with E-state index in [0.717, 1.165) is 12.8 Å². The highest BCUT2D eigenvalue weighted by atomic mass is 32.2. The molecule has 2 rings (SSSR count). The van der Waals surface area contributed by atoms with Crippen LogP contribution in [0.5, 0.6) is 0 Å². The molecule has 0 aliphatic carbocycles. The number of hydrogen-bond acceptors (Lipinski definition) is 4. The van der Waals surface area contributed by atoms with Gasteiger partial charge in [0, 0.05) is 13.2 Å². The Morgan fingerprint density at radius 3 is 2.36 bits per heavy atom. The molecule has 5 nitrogen and oxygen atoms in total. The molecule has 0 unspecified atom stereocenters. The highest BCUT2D eigenvalue weighted by Crippen LogP contribution is 2.24. The van der Waals surface area contributed by atoms with Crippen LogP contribution in [0.3, 0.4) is 0 Å². The first-order valence-electron chi connectivity index (χ1n) is 7.30. The Hall–Kier alpha value is -1.66. The van der Waals surface area contributed by atoms with E-state index in [2.05, 4.69) is 0 Å². The number of allylic oxidation sites excluding steroid dienone is 1. The van der Waals surface area contributed by atoms with E-state index in [1.54, 1.807) is 25.1 Å². The predicted octanol–water partition coefficient (Wildman–Crippen LogP) is 2.37. The van der Waals surface area contributed by atoms with Crippen molar-refractivity contribution in [2.75, 3.05) is 19.0 Å². The van der Waals surface area contributed by atoms with Gasteiger partial charge in [-0.15, -0.1) is 0 Å². The van der Waals surface area contributed by atoms with Crippen molar-refractivity contribution in [2.45, 2.75) is 24.7 Å². The van der Waals surface area contributed by atoms with Crippen molar-refractivity contribution in [1.82, 2.24) is 0 Å². The Labute approximate surface area is 130 Å². The highest BCUT2D eigenvalue weighted by molar-refractivity contribution is 7.91. The van der Waals surface area contributed by atoms with Crippen LogP contribution in [0.25, 0.3) is 5.57 Å². The Kier molecular flexibility index (Phi) is 5.37. The van der Waals surface area contributed by atoms with Crippen molar-refractivity contribution in [1.29, 1.82) is 0 Å². The third-order valence-corrected chi connectivity index (χ3v) is 5.55. The zero-order chi connectivity index (χ0) is 16.2. The number of ether oxygens (including phenoxy) is 1. The molecule has 0 amide bonds. The molecule has 1 aromatic rings. The molecule has 0 aromatic heterocycles. The number of aliphatic carboxylic acids is 1. The zero-order valence-corrected chi connectivity index (χ0v) is 13.3. The van der Waals surface area contributed by atoms with Gasteiger partial charge in [-0.3, -0.25) is 0 Å². The van der Waals surface area contributed by atoms with Gasteiger partial charge in [0.05, 0.1) is 16.2 Å². The monoisotopic (exact) mass is 324 g/mol. The topological polar surface area (TPSA) is 80.7 Å². The van der Waals surface area contributed by atoms with Gasteiger partial charge in [0.1, 0.15) is 0 Å². The first-order chi connectivity index (χ1) is 10.4. The second-order valence-electron chi connectivity index (χ2n) is 5.26. The number of hydrogen-bond donors (Lipinski definition) is 1. The maximum absolute atomic E-state index is 11.8. The molecule has 22 heavy (non-hydrogen) atoms. The SMILES string of the molecule is CCS(=O)(=O)c1ccc(C(=CC2CCOCC2)C(=O)O)cc1. The van der Waals surface area contributed by atoms with Gasteiger partial charge in [0.2, 0.25) is 0 Å². The Morgan fingerprint density at radius 2 is 1.86 bits per heavy atom. The average Bonchev–Trinajstić information content (AvgIpc) is 2.53. The fraction of sp³-hybridized carbons (Fsp3) is 0.438. The minimum absolute atomic E-state index is 0.0239. The summed E-state index contributed by atoms with van der Waals surface area (Å²) in [5, 5.41) is 9.41. The molecule has 1 aliphatic rings. The van der Waals surface area contributed by atoms with Crippen LogP contribution in [0.1, 0.15) is 25.3 Å². The van der Waals surface area contributed by atoms with Crippen LogP contribution in [-0.2, 0) is 19.4 Å². The fourth-order valence-electron chi connectivity index (χ4n) is 2.42. The summed E-state index contributed by atoms with van der Waals surface area (Å²) in [4.78, 5) is 11.7. The van der Waals surface area contributed by atoms with Crippen LogP contribution < -0.4 is 0 Å². The Balaban J connectivity index is 2.29. The summed E-state index contributed by atoms with van der Waals surface area (Å²) in [6.45, 7) is 2.86. The van der Waals surface area contributed by atoms with Crippen molar-refractivity contribution >= 4 is 21.4 Å². The molecule has 0 spiro atoms. The average molecular weight is 324 g/mol. The first kappa shape index (κ1) is 16.7. The van der Waals surface area contributed by atoms with Gasteiger partial charge in [0.25, 0.3) is 0 Å². The molecule has 1 fully saturated rings.